The second-order valence-electron chi connectivity index (χ2n) is 18.4. The van der Waals surface area contributed by atoms with Crippen molar-refractivity contribution in [1.82, 2.24) is 19.6 Å². The van der Waals surface area contributed by atoms with Gasteiger partial charge in [0.1, 0.15) is 17.1 Å². The Morgan fingerprint density at radius 1 is 0.984 bits per heavy atom. The van der Waals surface area contributed by atoms with Gasteiger partial charge in [-0.15, -0.1) is 0 Å². The number of pyridine rings is 1. The Bertz CT molecular complexity index is 2560. The van der Waals surface area contributed by atoms with Crippen molar-refractivity contribution in [3.8, 4) is 11.5 Å². The number of aromatic nitrogens is 2. The van der Waals surface area contributed by atoms with Crippen LogP contribution in [-0.2, 0) is 10.0 Å². The summed E-state index contributed by atoms with van der Waals surface area (Å²) in [6.45, 7) is 13.5. The summed E-state index contributed by atoms with van der Waals surface area (Å²) in [4.78, 5) is 26.3. The molecule has 2 fully saturated rings. The van der Waals surface area contributed by atoms with Crippen LogP contribution in [0.15, 0.2) is 95.7 Å². The Morgan fingerprint density at radius 3 is 2.47 bits per heavy atom. The molecule has 1 saturated heterocycles. The van der Waals surface area contributed by atoms with Crippen molar-refractivity contribution >= 4 is 55.5 Å². The standard InChI is InChI=1S/C49H59ClN6O5S/c1-5-49(58)19-14-34(15-20-49)30-52-44-13-11-41(26-33(44)2)62(59,60)54-47(57)42-12-10-39(28-45(42)61-40-27-36-17-21-51-46(36)53-31-40)56-24-22-55(23-25-56)32-37-16-18-48(3,4)29-43(37)35-6-8-38(50)9-7-35/h6-13,17,21,26-28,31,34,52,58H,5,14-16,18-20,22-25,29-30,32H2,1-4H3,(H,51,53)(H,54,57). The highest BCUT2D eigenvalue weighted by atomic mass is 35.5. The summed E-state index contributed by atoms with van der Waals surface area (Å²) < 4.78 is 36.2. The number of aliphatic hydroxyl groups is 1. The van der Waals surface area contributed by atoms with Gasteiger partial charge in [0, 0.05) is 73.3 Å². The molecular formula is C49H59ClN6O5S. The summed E-state index contributed by atoms with van der Waals surface area (Å²) in [5.74, 6) is 0.290. The fraction of sp³-hybridized carbons (Fsp3) is 0.429. The highest BCUT2D eigenvalue weighted by molar-refractivity contribution is 7.90. The number of fused-ring (bicyclic) bond motifs is 1. The van der Waals surface area contributed by atoms with Gasteiger partial charge in [-0.3, -0.25) is 9.69 Å². The van der Waals surface area contributed by atoms with Gasteiger partial charge < -0.3 is 25.0 Å². The molecule has 13 heteroatoms. The normalized spacial score (nSPS) is 20.9. The number of carbonyl (C=O) groups excluding carboxylic acids is 1. The Hall–Kier alpha value is -4.88. The number of piperazine rings is 1. The Balaban J connectivity index is 0.968. The van der Waals surface area contributed by atoms with Crippen LogP contribution in [0.5, 0.6) is 11.5 Å². The van der Waals surface area contributed by atoms with Gasteiger partial charge in [-0.1, -0.05) is 50.1 Å². The van der Waals surface area contributed by atoms with Gasteiger partial charge in [0.05, 0.1) is 22.3 Å². The monoisotopic (exact) mass is 878 g/mol. The average molecular weight is 880 g/mol. The minimum Gasteiger partial charge on any atom is -0.455 e. The number of rotatable bonds is 13. The van der Waals surface area contributed by atoms with Crippen LogP contribution in [0.1, 0.15) is 93.6 Å². The topological polar surface area (TPSA) is 140 Å². The number of aromatic amines is 1. The number of allylic oxidation sites excluding steroid dienone is 1. The second-order valence-corrected chi connectivity index (χ2v) is 20.5. The molecule has 3 heterocycles. The first kappa shape index (κ1) is 43.8. The molecule has 0 atom stereocenters. The van der Waals surface area contributed by atoms with E-state index < -0.39 is 21.5 Å². The lowest BCUT2D eigenvalue weighted by Gasteiger charge is -2.39. The van der Waals surface area contributed by atoms with E-state index in [1.807, 2.05) is 50.2 Å². The van der Waals surface area contributed by atoms with Crippen LogP contribution in [0.25, 0.3) is 16.6 Å². The van der Waals surface area contributed by atoms with E-state index in [2.05, 4.69) is 55.8 Å². The first-order chi connectivity index (χ1) is 29.7. The molecule has 0 spiro atoms. The lowest BCUT2D eigenvalue weighted by atomic mass is 9.72. The number of halogens is 1. The van der Waals surface area contributed by atoms with Crippen LogP contribution in [0, 0.1) is 18.3 Å². The average Bonchev–Trinajstić information content (AvgIpc) is 3.73. The molecule has 0 unspecified atom stereocenters. The molecule has 0 radical (unpaired) electrons. The van der Waals surface area contributed by atoms with Gasteiger partial charge in [-0.25, -0.2) is 18.1 Å². The number of ether oxygens (including phenoxy) is 1. The zero-order chi connectivity index (χ0) is 43.6. The van der Waals surface area contributed by atoms with Gasteiger partial charge in [-0.2, -0.15) is 0 Å². The molecule has 0 bridgehead atoms. The maximum absolute atomic E-state index is 14.0. The predicted molar refractivity (Wildman–Crippen MR) is 249 cm³/mol. The minimum absolute atomic E-state index is 0.00775. The van der Waals surface area contributed by atoms with E-state index in [1.54, 1.807) is 30.6 Å². The van der Waals surface area contributed by atoms with E-state index in [9.17, 15) is 18.3 Å². The third-order valence-corrected chi connectivity index (χ3v) is 14.9. The lowest BCUT2D eigenvalue weighted by molar-refractivity contribution is -0.0109. The number of hydrogen-bond donors (Lipinski definition) is 4. The highest BCUT2D eigenvalue weighted by Crippen LogP contribution is 2.44. The maximum atomic E-state index is 14.0. The van der Waals surface area contributed by atoms with Crippen molar-refractivity contribution in [2.24, 2.45) is 11.3 Å². The third kappa shape index (κ3) is 10.1. The number of benzene rings is 3. The quantitative estimate of drug-likeness (QED) is 0.0910. The molecule has 4 N–H and O–H groups in total. The molecule has 328 valence electrons. The fourth-order valence-electron chi connectivity index (χ4n) is 9.24. The SMILES string of the molecule is CCC1(O)CCC(CNc2ccc(S(=O)(=O)NC(=O)c3ccc(N4CCN(CC5=C(c6ccc(Cl)cc6)CC(C)(C)CC5)CC4)cc3Oc3cnc4[nH]ccc4c3)cc2C)CC1. The van der Waals surface area contributed by atoms with E-state index in [0.29, 0.717) is 17.3 Å². The number of hydrogen-bond acceptors (Lipinski definition) is 9. The number of anilines is 2. The number of carbonyl (C=O) groups is 1. The molecule has 1 amide bonds. The van der Waals surface area contributed by atoms with Gasteiger partial charge >= 0.3 is 0 Å². The number of nitrogens with zero attached hydrogens (tertiary/aromatic N) is 3. The molecule has 3 aliphatic rings. The van der Waals surface area contributed by atoms with E-state index in [0.717, 1.165) is 118 Å². The van der Waals surface area contributed by atoms with Gasteiger partial charge in [-0.05, 0) is 141 Å². The number of nitrogens with one attached hydrogen (secondary N) is 3. The Kier molecular flexibility index (Phi) is 12.8. The van der Waals surface area contributed by atoms with Crippen molar-refractivity contribution in [3.05, 3.63) is 112 Å². The van der Waals surface area contributed by atoms with Gasteiger partial charge in [0.2, 0.25) is 0 Å². The molecule has 3 aromatic carbocycles. The molecule has 62 heavy (non-hydrogen) atoms. The number of aryl methyl sites for hydroxylation is 1. The summed E-state index contributed by atoms with van der Waals surface area (Å²) in [5, 5.41) is 15.7. The number of amides is 1. The largest absolute Gasteiger partial charge is 0.455 e. The van der Waals surface area contributed by atoms with Crippen LogP contribution in [0.2, 0.25) is 5.02 Å². The molecule has 2 aromatic heterocycles. The van der Waals surface area contributed by atoms with E-state index in [4.69, 9.17) is 16.3 Å². The van der Waals surface area contributed by atoms with Crippen molar-refractivity contribution in [1.29, 1.82) is 0 Å². The zero-order valence-electron chi connectivity index (χ0n) is 36.3. The van der Waals surface area contributed by atoms with Crippen molar-refractivity contribution in [2.75, 3.05) is 49.5 Å². The molecule has 11 nitrogen and oxygen atoms in total. The van der Waals surface area contributed by atoms with Crippen LogP contribution < -0.4 is 19.7 Å². The Labute approximate surface area is 371 Å². The van der Waals surface area contributed by atoms with Crippen molar-refractivity contribution in [2.45, 2.75) is 89.6 Å². The van der Waals surface area contributed by atoms with Crippen LogP contribution >= 0.6 is 11.6 Å². The second kappa shape index (κ2) is 18.1. The summed E-state index contributed by atoms with van der Waals surface area (Å²) in [7, 11) is -4.24. The van der Waals surface area contributed by atoms with Crippen LogP contribution in [-0.4, -0.2) is 79.2 Å². The van der Waals surface area contributed by atoms with Crippen molar-refractivity contribution in [3.63, 3.8) is 0 Å². The van der Waals surface area contributed by atoms with Crippen LogP contribution in [0.4, 0.5) is 11.4 Å². The van der Waals surface area contributed by atoms with Gasteiger partial charge in [0.15, 0.2) is 0 Å². The molecule has 2 aliphatic carbocycles. The predicted octanol–water partition coefficient (Wildman–Crippen LogP) is 9.96. The van der Waals surface area contributed by atoms with E-state index >= 15 is 0 Å². The molecule has 8 rings (SSSR count). The summed E-state index contributed by atoms with van der Waals surface area (Å²) >= 11 is 6.25. The highest BCUT2D eigenvalue weighted by Gasteiger charge is 2.32. The first-order valence-corrected chi connectivity index (χ1v) is 23.9. The minimum atomic E-state index is -4.24. The molecule has 5 aromatic rings. The van der Waals surface area contributed by atoms with E-state index in [1.165, 1.54) is 22.8 Å². The number of sulfonamides is 1. The van der Waals surface area contributed by atoms with Gasteiger partial charge in [0.25, 0.3) is 15.9 Å². The smallest absolute Gasteiger partial charge is 0.268 e. The van der Waals surface area contributed by atoms with Crippen molar-refractivity contribution < 1.29 is 23.1 Å². The van der Waals surface area contributed by atoms with Crippen LogP contribution in [0.3, 0.4) is 0 Å². The molecule has 1 aliphatic heterocycles. The number of H-pyrrole nitrogens is 1. The lowest BCUT2D eigenvalue weighted by Crippen LogP contribution is -2.47. The molecular weight excluding hydrogens is 820 g/mol. The third-order valence-electron chi connectivity index (χ3n) is 13.4. The maximum Gasteiger partial charge on any atom is 0.268 e. The summed E-state index contributed by atoms with van der Waals surface area (Å²) in [6.07, 6.45) is 10.9. The Morgan fingerprint density at radius 2 is 1.74 bits per heavy atom. The van der Waals surface area contributed by atoms with E-state index in [-0.39, 0.29) is 21.6 Å². The summed E-state index contributed by atoms with van der Waals surface area (Å²) in [6, 6.07) is 22.1. The molecule has 1 saturated carbocycles. The fourth-order valence-corrected chi connectivity index (χ4v) is 10.4. The zero-order valence-corrected chi connectivity index (χ0v) is 37.8. The first-order valence-electron chi connectivity index (χ1n) is 22.0. The summed E-state index contributed by atoms with van der Waals surface area (Å²) in [5.41, 5.74) is 7.14.